The molecular weight excluding hydrogens is 252 g/mol. The molecule has 0 aromatic carbocycles. The van der Waals surface area contributed by atoms with Crippen LogP contribution in [0.3, 0.4) is 0 Å². The average molecular weight is 282 g/mol. The van der Waals surface area contributed by atoms with Crippen LogP contribution >= 0.6 is 0 Å². The molecule has 2 aliphatic carbocycles. The third-order valence-electron chi connectivity index (χ3n) is 5.03. The summed E-state index contributed by atoms with van der Waals surface area (Å²) in [6.07, 6.45) is 8.56. The van der Waals surface area contributed by atoms with E-state index in [1.54, 1.807) is 0 Å². The first-order chi connectivity index (χ1) is 9.56. The van der Waals surface area contributed by atoms with Crippen molar-refractivity contribution in [2.24, 2.45) is 5.92 Å². The summed E-state index contributed by atoms with van der Waals surface area (Å²) < 4.78 is 0. The Hall–Kier alpha value is -0.610. The molecule has 2 saturated carbocycles. The molecule has 116 valence electrons. The standard InChI is InChI=1S/C16H30N2O2/c1-12-7-9-13(10-8-12)17-16(20)11-18(2)14-5-3-4-6-15(14)19/h12-15,19H,3-11H2,1-2H3,(H,17,20). The Balaban J connectivity index is 1.73. The Bertz CT molecular complexity index is 314. The van der Waals surface area contributed by atoms with Crippen LogP contribution in [0, 0.1) is 5.92 Å². The topological polar surface area (TPSA) is 52.6 Å². The number of aliphatic hydroxyl groups is 1. The molecule has 0 bridgehead atoms. The predicted molar refractivity (Wildman–Crippen MR) is 80.5 cm³/mol. The highest BCUT2D eigenvalue weighted by atomic mass is 16.3. The largest absolute Gasteiger partial charge is 0.391 e. The number of amides is 1. The third kappa shape index (κ3) is 4.45. The summed E-state index contributed by atoms with van der Waals surface area (Å²) in [6.45, 7) is 2.70. The number of nitrogens with one attached hydrogen (secondary N) is 1. The molecule has 0 saturated heterocycles. The highest BCUT2D eigenvalue weighted by molar-refractivity contribution is 5.78. The maximum absolute atomic E-state index is 12.1. The average Bonchev–Trinajstić information content (AvgIpc) is 2.41. The van der Waals surface area contributed by atoms with Crippen molar-refractivity contribution in [2.45, 2.75) is 76.5 Å². The van der Waals surface area contributed by atoms with Crippen molar-refractivity contribution in [3.8, 4) is 0 Å². The molecule has 1 amide bonds. The molecule has 4 heteroatoms. The van der Waals surface area contributed by atoms with Gasteiger partial charge in [0, 0.05) is 12.1 Å². The lowest BCUT2D eigenvalue weighted by atomic mass is 9.87. The fraction of sp³-hybridized carbons (Fsp3) is 0.938. The number of likely N-dealkylation sites (N-methyl/N-ethyl adjacent to an activating group) is 1. The molecule has 0 radical (unpaired) electrons. The molecule has 4 nitrogen and oxygen atoms in total. The summed E-state index contributed by atoms with van der Waals surface area (Å²) in [5, 5.41) is 13.2. The van der Waals surface area contributed by atoms with Crippen LogP contribution in [-0.4, -0.2) is 47.7 Å². The van der Waals surface area contributed by atoms with Crippen molar-refractivity contribution in [2.75, 3.05) is 13.6 Å². The second-order valence-corrected chi connectivity index (χ2v) is 6.86. The van der Waals surface area contributed by atoms with E-state index < -0.39 is 0 Å². The molecule has 0 aromatic rings. The molecule has 2 unspecified atom stereocenters. The van der Waals surface area contributed by atoms with E-state index in [-0.39, 0.29) is 18.1 Å². The molecule has 2 aliphatic rings. The third-order valence-corrected chi connectivity index (χ3v) is 5.03. The first-order valence-electron chi connectivity index (χ1n) is 8.24. The van der Waals surface area contributed by atoms with E-state index in [0.29, 0.717) is 12.6 Å². The summed E-state index contributed by atoms with van der Waals surface area (Å²) in [5.41, 5.74) is 0. The van der Waals surface area contributed by atoms with Crippen LogP contribution in [-0.2, 0) is 4.79 Å². The van der Waals surface area contributed by atoms with Crippen LogP contribution in [0.15, 0.2) is 0 Å². The van der Waals surface area contributed by atoms with Gasteiger partial charge in [0.05, 0.1) is 12.6 Å². The summed E-state index contributed by atoms with van der Waals surface area (Å²) in [4.78, 5) is 14.2. The van der Waals surface area contributed by atoms with Crippen LogP contribution in [0.1, 0.15) is 58.3 Å². The molecule has 2 rings (SSSR count). The molecular formula is C16H30N2O2. The first-order valence-corrected chi connectivity index (χ1v) is 8.24. The Kier molecular flexibility index (Phi) is 5.85. The van der Waals surface area contributed by atoms with E-state index in [1.807, 2.05) is 11.9 Å². The second kappa shape index (κ2) is 7.41. The lowest BCUT2D eigenvalue weighted by Crippen LogP contribution is -2.49. The quantitative estimate of drug-likeness (QED) is 0.828. The van der Waals surface area contributed by atoms with Crippen LogP contribution < -0.4 is 5.32 Å². The summed E-state index contributed by atoms with van der Waals surface area (Å²) >= 11 is 0. The zero-order valence-corrected chi connectivity index (χ0v) is 13.0. The van der Waals surface area contributed by atoms with E-state index >= 15 is 0 Å². The number of hydrogen-bond donors (Lipinski definition) is 2. The Morgan fingerprint density at radius 1 is 1.15 bits per heavy atom. The van der Waals surface area contributed by atoms with Crippen LogP contribution in [0.25, 0.3) is 0 Å². The van der Waals surface area contributed by atoms with Gasteiger partial charge in [-0.2, -0.15) is 0 Å². The Labute approximate surface area is 122 Å². The minimum atomic E-state index is -0.267. The highest BCUT2D eigenvalue weighted by Crippen LogP contribution is 2.24. The highest BCUT2D eigenvalue weighted by Gasteiger charge is 2.28. The molecule has 2 atom stereocenters. The van der Waals surface area contributed by atoms with Gasteiger partial charge >= 0.3 is 0 Å². The molecule has 0 spiro atoms. The number of aliphatic hydroxyl groups excluding tert-OH is 1. The predicted octanol–water partition coefficient (Wildman–Crippen LogP) is 1.92. The maximum Gasteiger partial charge on any atom is 0.234 e. The van der Waals surface area contributed by atoms with Gasteiger partial charge in [0.15, 0.2) is 0 Å². The van der Waals surface area contributed by atoms with E-state index in [2.05, 4.69) is 12.2 Å². The zero-order valence-electron chi connectivity index (χ0n) is 13.0. The number of carbonyl (C=O) groups excluding carboxylic acids is 1. The van der Waals surface area contributed by atoms with Crippen molar-refractivity contribution in [1.82, 2.24) is 10.2 Å². The van der Waals surface area contributed by atoms with Gasteiger partial charge in [-0.25, -0.2) is 0 Å². The van der Waals surface area contributed by atoms with E-state index in [4.69, 9.17) is 0 Å². The van der Waals surface area contributed by atoms with Gasteiger partial charge in [0.25, 0.3) is 0 Å². The van der Waals surface area contributed by atoms with Gasteiger partial charge in [-0.05, 0) is 51.5 Å². The van der Waals surface area contributed by atoms with Gasteiger partial charge in [-0.3, -0.25) is 9.69 Å². The van der Waals surface area contributed by atoms with E-state index in [9.17, 15) is 9.90 Å². The molecule has 0 aromatic heterocycles. The molecule has 2 N–H and O–H groups in total. The fourth-order valence-electron chi connectivity index (χ4n) is 3.63. The minimum absolute atomic E-state index is 0.116. The number of hydrogen-bond acceptors (Lipinski definition) is 3. The van der Waals surface area contributed by atoms with Gasteiger partial charge in [0.2, 0.25) is 5.91 Å². The smallest absolute Gasteiger partial charge is 0.234 e. The normalized spacial score (nSPS) is 35.0. The van der Waals surface area contributed by atoms with Crippen molar-refractivity contribution in [3.63, 3.8) is 0 Å². The van der Waals surface area contributed by atoms with Crippen LogP contribution in [0.2, 0.25) is 0 Å². The van der Waals surface area contributed by atoms with Gasteiger partial charge in [-0.15, -0.1) is 0 Å². The van der Waals surface area contributed by atoms with Gasteiger partial charge in [0.1, 0.15) is 0 Å². The maximum atomic E-state index is 12.1. The second-order valence-electron chi connectivity index (χ2n) is 6.86. The van der Waals surface area contributed by atoms with E-state index in [1.165, 1.54) is 12.8 Å². The number of nitrogens with zero attached hydrogens (tertiary/aromatic N) is 1. The SMILES string of the molecule is CC1CCC(NC(=O)CN(C)C2CCCCC2O)CC1. The van der Waals surface area contributed by atoms with Crippen molar-refractivity contribution >= 4 is 5.91 Å². The monoisotopic (exact) mass is 282 g/mol. The number of rotatable bonds is 4. The molecule has 2 fully saturated rings. The molecule has 0 heterocycles. The lowest BCUT2D eigenvalue weighted by molar-refractivity contribution is -0.124. The fourth-order valence-corrected chi connectivity index (χ4v) is 3.63. The van der Waals surface area contributed by atoms with Crippen molar-refractivity contribution in [3.05, 3.63) is 0 Å². The Morgan fingerprint density at radius 3 is 2.45 bits per heavy atom. The van der Waals surface area contributed by atoms with E-state index in [0.717, 1.165) is 44.4 Å². The zero-order chi connectivity index (χ0) is 14.5. The van der Waals surface area contributed by atoms with Crippen molar-refractivity contribution in [1.29, 1.82) is 0 Å². The molecule has 20 heavy (non-hydrogen) atoms. The molecule has 0 aliphatic heterocycles. The summed E-state index contributed by atoms with van der Waals surface area (Å²) in [5.74, 6) is 0.924. The van der Waals surface area contributed by atoms with Crippen LogP contribution in [0.4, 0.5) is 0 Å². The summed E-state index contributed by atoms with van der Waals surface area (Å²) in [7, 11) is 1.96. The first kappa shape index (κ1) is 15.8. The Morgan fingerprint density at radius 2 is 1.80 bits per heavy atom. The van der Waals surface area contributed by atoms with Crippen LogP contribution in [0.5, 0.6) is 0 Å². The minimum Gasteiger partial charge on any atom is -0.391 e. The van der Waals surface area contributed by atoms with Crippen molar-refractivity contribution < 1.29 is 9.90 Å². The van der Waals surface area contributed by atoms with Gasteiger partial charge < -0.3 is 10.4 Å². The number of carbonyl (C=O) groups is 1. The van der Waals surface area contributed by atoms with Gasteiger partial charge in [-0.1, -0.05) is 19.8 Å². The summed E-state index contributed by atoms with van der Waals surface area (Å²) in [6, 6.07) is 0.518. The lowest BCUT2D eigenvalue weighted by Gasteiger charge is -2.35.